The normalized spacial score (nSPS) is 13.8. The summed E-state index contributed by atoms with van der Waals surface area (Å²) in [4.78, 5) is 43.4. The lowest BCUT2D eigenvalue weighted by Gasteiger charge is -2.17. The van der Waals surface area contributed by atoms with Gasteiger partial charge in [0.15, 0.2) is 15.9 Å². The molecule has 0 spiro atoms. The average molecular weight is 606 g/mol. The number of benzene rings is 3. The van der Waals surface area contributed by atoms with Crippen molar-refractivity contribution in [1.82, 2.24) is 15.3 Å². The number of hydrogen-bond donors (Lipinski definition) is 5. The molecule has 43 heavy (non-hydrogen) atoms. The van der Waals surface area contributed by atoms with E-state index in [1.54, 1.807) is 61.6 Å². The van der Waals surface area contributed by atoms with Crippen LogP contribution < -0.4 is 21.5 Å². The van der Waals surface area contributed by atoms with E-state index in [4.69, 9.17) is 4.74 Å². The number of aromatic nitrogens is 2. The van der Waals surface area contributed by atoms with Gasteiger partial charge in [-0.1, -0.05) is 24.3 Å². The first-order valence-electron chi connectivity index (χ1n) is 13.7. The van der Waals surface area contributed by atoms with Gasteiger partial charge in [0, 0.05) is 24.3 Å². The first-order valence-corrected chi connectivity index (χ1v) is 15.2. The van der Waals surface area contributed by atoms with Crippen LogP contribution >= 0.6 is 0 Å². The highest BCUT2D eigenvalue weighted by atomic mass is 32.2. The van der Waals surface area contributed by atoms with Crippen molar-refractivity contribution in [3.63, 3.8) is 0 Å². The zero-order chi connectivity index (χ0) is 30.6. The number of amides is 1. The number of sulfone groups is 1. The minimum Gasteiger partial charge on any atom is -0.479 e. The van der Waals surface area contributed by atoms with E-state index in [1.807, 2.05) is 0 Å². The van der Waals surface area contributed by atoms with Crippen molar-refractivity contribution < 1.29 is 27.9 Å². The second-order valence-corrected chi connectivity index (χ2v) is 12.4. The molecule has 12 nitrogen and oxygen atoms in total. The number of aliphatic carboxylic acids is 1. The minimum absolute atomic E-state index is 0.0724. The number of hydrogen-bond acceptors (Lipinski definition) is 9. The molecule has 3 aromatic carbocycles. The van der Waals surface area contributed by atoms with E-state index >= 15 is 0 Å². The number of carbonyl (C=O) groups excluding carboxylic acids is 1. The summed E-state index contributed by atoms with van der Waals surface area (Å²) in [7, 11) is -1.66. The summed E-state index contributed by atoms with van der Waals surface area (Å²) in [5, 5.41) is 18.4. The van der Waals surface area contributed by atoms with Gasteiger partial charge in [0.1, 0.15) is 0 Å². The summed E-state index contributed by atoms with van der Waals surface area (Å²) in [6.45, 7) is 0.405. The van der Waals surface area contributed by atoms with Crippen molar-refractivity contribution in [3.8, 4) is 0 Å². The SMILES string of the molecule is CNCc1cc(NC(=O)OCCc2ccc(C(Nc3ccc4nc[nH]c(=O)c4c3)C(=O)O)cc2)ccc1S(=O)(=O)C1CC1. The predicted octanol–water partition coefficient (Wildman–Crippen LogP) is 3.61. The average Bonchev–Trinajstić information content (AvgIpc) is 3.84. The molecule has 5 N–H and O–H groups in total. The number of nitrogens with one attached hydrogen (secondary N) is 4. The van der Waals surface area contributed by atoms with Crippen LogP contribution in [0.25, 0.3) is 10.9 Å². The van der Waals surface area contributed by atoms with E-state index < -0.39 is 27.9 Å². The minimum atomic E-state index is -3.38. The van der Waals surface area contributed by atoms with Crippen LogP contribution in [0.15, 0.2) is 76.7 Å². The maximum absolute atomic E-state index is 12.7. The number of aromatic amines is 1. The number of fused-ring (bicyclic) bond motifs is 1. The molecule has 224 valence electrons. The van der Waals surface area contributed by atoms with Crippen LogP contribution in [0.1, 0.15) is 35.6 Å². The molecule has 1 aliphatic rings. The molecule has 1 heterocycles. The number of ether oxygens (including phenoxy) is 1. The van der Waals surface area contributed by atoms with E-state index in [0.717, 1.165) is 5.56 Å². The summed E-state index contributed by atoms with van der Waals surface area (Å²) in [6, 6.07) is 15.4. The fraction of sp³-hybridized carbons (Fsp3) is 0.267. The van der Waals surface area contributed by atoms with Gasteiger partial charge in [0.2, 0.25) is 0 Å². The number of anilines is 2. The van der Waals surface area contributed by atoms with Crippen LogP contribution in [0.4, 0.5) is 16.2 Å². The van der Waals surface area contributed by atoms with Gasteiger partial charge in [0.05, 0.1) is 34.0 Å². The number of H-pyrrole nitrogens is 1. The Balaban J connectivity index is 1.17. The highest BCUT2D eigenvalue weighted by Gasteiger charge is 2.38. The molecule has 1 saturated carbocycles. The van der Waals surface area contributed by atoms with Gasteiger partial charge in [-0.3, -0.25) is 10.1 Å². The smallest absolute Gasteiger partial charge is 0.411 e. The number of carbonyl (C=O) groups is 2. The molecule has 5 rings (SSSR count). The number of nitrogens with zero attached hydrogens (tertiary/aromatic N) is 1. The van der Waals surface area contributed by atoms with Gasteiger partial charge in [0.25, 0.3) is 5.56 Å². The quantitative estimate of drug-likeness (QED) is 0.160. The lowest BCUT2D eigenvalue weighted by molar-refractivity contribution is -0.138. The van der Waals surface area contributed by atoms with Gasteiger partial charge in [-0.05, 0) is 73.0 Å². The van der Waals surface area contributed by atoms with Crippen molar-refractivity contribution in [3.05, 3.63) is 94.0 Å². The van der Waals surface area contributed by atoms with Crippen molar-refractivity contribution in [2.24, 2.45) is 0 Å². The van der Waals surface area contributed by atoms with Crippen LogP contribution in [-0.2, 0) is 32.3 Å². The molecular formula is C30H31N5O7S. The summed E-state index contributed by atoms with van der Waals surface area (Å²) >= 11 is 0. The van der Waals surface area contributed by atoms with E-state index in [1.165, 1.54) is 12.4 Å². The van der Waals surface area contributed by atoms with Crippen LogP contribution in [0, 0.1) is 0 Å². The van der Waals surface area contributed by atoms with Crippen LogP contribution in [0.2, 0.25) is 0 Å². The molecule has 1 aliphatic carbocycles. The maximum Gasteiger partial charge on any atom is 0.411 e. The third-order valence-corrected chi connectivity index (χ3v) is 9.44. The fourth-order valence-electron chi connectivity index (χ4n) is 4.73. The predicted molar refractivity (Wildman–Crippen MR) is 161 cm³/mol. The van der Waals surface area contributed by atoms with Gasteiger partial charge < -0.3 is 25.5 Å². The standard InChI is InChI=1S/C30H31N5O7S/c1-31-16-20-14-21(7-11-26(20)43(40,41)23-8-9-23)35-30(39)42-13-12-18-2-4-19(5-3-18)27(29(37)38)34-22-6-10-25-24(15-22)28(36)33-17-32-25/h2-7,10-11,14-15,17,23,27,31,34H,8-9,12-13,16H2,1H3,(H,35,39)(H,37,38)(H,32,33,36). The van der Waals surface area contributed by atoms with Crippen molar-refractivity contribution in [2.75, 3.05) is 24.3 Å². The summed E-state index contributed by atoms with van der Waals surface area (Å²) in [5.41, 5.74) is 2.96. The molecule has 0 aliphatic heterocycles. The molecule has 1 aromatic heterocycles. The summed E-state index contributed by atoms with van der Waals surface area (Å²) < 4.78 is 30.8. The molecule has 0 radical (unpaired) electrons. The molecule has 13 heteroatoms. The molecule has 1 atom stereocenters. The lowest BCUT2D eigenvalue weighted by Crippen LogP contribution is -2.20. The Labute approximate surface area is 247 Å². The molecular weight excluding hydrogens is 574 g/mol. The molecule has 4 aromatic rings. The lowest BCUT2D eigenvalue weighted by atomic mass is 10.0. The molecule has 1 fully saturated rings. The van der Waals surface area contributed by atoms with Gasteiger partial charge in [-0.15, -0.1) is 0 Å². The van der Waals surface area contributed by atoms with Gasteiger partial charge in [-0.2, -0.15) is 0 Å². The Bertz CT molecular complexity index is 1820. The van der Waals surface area contributed by atoms with E-state index in [2.05, 4.69) is 25.9 Å². The largest absolute Gasteiger partial charge is 0.479 e. The Kier molecular flexibility index (Phi) is 8.73. The Morgan fingerprint density at radius 2 is 1.81 bits per heavy atom. The maximum atomic E-state index is 12.7. The number of rotatable bonds is 12. The van der Waals surface area contributed by atoms with Crippen molar-refractivity contribution >= 4 is 44.2 Å². The second kappa shape index (κ2) is 12.6. The van der Waals surface area contributed by atoms with Crippen molar-refractivity contribution in [2.45, 2.75) is 42.0 Å². The van der Waals surface area contributed by atoms with E-state index in [-0.39, 0.29) is 22.3 Å². The molecule has 1 amide bonds. The highest BCUT2D eigenvalue weighted by molar-refractivity contribution is 7.92. The van der Waals surface area contributed by atoms with Gasteiger partial charge in [-0.25, -0.2) is 23.0 Å². The van der Waals surface area contributed by atoms with Crippen LogP contribution in [0.5, 0.6) is 0 Å². The third-order valence-electron chi connectivity index (χ3n) is 7.08. The summed E-state index contributed by atoms with van der Waals surface area (Å²) in [5.74, 6) is -1.09. The van der Waals surface area contributed by atoms with Crippen LogP contribution in [-0.4, -0.2) is 54.5 Å². The summed E-state index contributed by atoms with van der Waals surface area (Å²) in [6.07, 6.45) is 2.36. The van der Waals surface area contributed by atoms with E-state index in [9.17, 15) is 27.9 Å². The first kappa shape index (κ1) is 29.7. The molecule has 1 unspecified atom stereocenters. The van der Waals surface area contributed by atoms with E-state index in [0.29, 0.717) is 59.2 Å². The monoisotopic (exact) mass is 605 g/mol. The van der Waals surface area contributed by atoms with Gasteiger partial charge >= 0.3 is 12.1 Å². The Morgan fingerprint density at radius 3 is 2.51 bits per heavy atom. The second-order valence-electron chi connectivity index (χ2n) is 10.2. The zero-order valence-corrected chi connectivity index (χ0v) is 24.1. The Morgan fingerprint density at radius 1 is 1.07 bits per heavy atom. The first-order chi connectivity index (χ1) is 20.7. The molecule has 0 bridgehead atoms. The zero-order valence-electron chi connectivity index (χ0n) is 23.3. The Hall–Kier alpha value is -4.75. The fourth-order valence-corrected chi connectivity index (χ4v) is 6.60. The highest BCUT2D eigenvalue weighted by Crippen LogP contribution is 2.35. The third kappa shape index (κ3) is 7.01. The number of carboxylic acids is 1. The topological polar surface area (TPSA) is 180 Å². The van der Waals surface area contributed by atoms with Crippen molar-refractivity contribution in [1.29, 1.82) is 0 Å². The number of carboxylic acid groups (broad SMARTS) is 1. The molecule has 0 saturated heterocycles. The van der Waals surface area contributed by atoms with Crippen LogP contribution in [0.3, 0.4) is 0 Å².